The molecule has 12 heteroatoms. The highest BCUT2D eigenvalue weighted by Crippen LogP contribution is 2.12. The number of aryl methyl sites for hydroxylation is 1. The van der Waals surface area contributed by atoms with Crippen LogP contribution in [0.1, 0.15) is 70.8 Å². The van der Waals surface area contributed by atoms with Gasteiger partial charge in [0, 0.05) is 26.2 Å². The third kappa shape index (κ3) is 10.0. The molecule has 214 valence electrons. The first-order valence-electron chi connectivity index (χ1n) is 13.1. The Hall–Kier alpha value is -3.96. The first-order valence-corrected chi connectivity index (χ1v) is 13.1. The molecule has 0 aliphatic carbocycles. The van der Waals surface area contributed by atoms with E-state index < -0.39 is 35.0 Å². The molecule has 12 nitrogen and oxygen atoms in total. The average molecular weight is 545 g/mol. The number of carbonyl (C=O) groups is 4. The number of hydrogen-bond acceptors (Lipinski definition) is 7. The summed E-state index contributed by atoms with van der Waals surface area (Å²) in [6.45, 7) is 9.60. The zero-order valence-electron chi connectivity index (χ0n) is 23.6. The van der Waals surface area contributed by atoms with Crippen molar-refractivity contribution in [3.63, 3.8) is 0 Å². The normalized spacial score (nSPS) is 12.1. The summed E-state index contributed by atoms with van der Waals surface area (Å²) >= 11 is 0. The van der Waals surface area contributed by atoms with Crippen molar-refractivity contribution < 1.29 is 23.9 Å². The molecule has 3 amide bonds. The number of nitrogens with one attached hydrogen (secondary N) is 3. The van der Waals surface area contributed by atoms with Crippen LogP contribution in [0, 0.1) is 5.92 Å². The molecule has 0 aliphatic heterocycles. The van der Waals surface area contributed by atoms with Crippen LogP contribution in [0.5, 0.6) is 0 Å². The van der Waals surface area contributed by atoms with Crippen LogP contribution in [0.15, 0.2) is 35.6 Å². The monoisotopic (exact) mass is 544 g/mol. The Bertz CT molecular complexity index is 1210. The van der Waals surface area contributed by atoms with Crippen LogP contribution in [-0.4, -0.2) is 56.0 Å². The van der Waals surface area contributed by atoms with Gasteiger partial charge in [0.05, 0.1) is 12.5 Å². The zero-order valence-corrected chi connectivity index (χ0v) is 23.6. The Morgan fingerprint density at radius 3 is 2.41 bits per heavy atom. The predicted molar refractivity (Wildman–Crippen MR) is 146 cm³/mol. The molecule has 0 aromatic carbocycles. The van der Waals surface area contributed by atoms with Gasteiger partial charge in [-0.05, 0) is 45.2 Å². The van der Waals surface area contributed by atoms with E-state index in [9.17, 15) is 24.0 Å². The highest BCUT2D eigenvalue weighted by Gasteiger charge is 2.26. The lowest BCUT2D eigenvalue weighted by molar-refractivity contribution is -0.155. The summed E-state index contributed by atoms with van der Waals surface area (Å²) < 4.78 is 8.00. The molecular formula is C27H40N6O6. The highest BCUT2D eigenvalue weighted by atomic mass is 16.6. The summed E-state index contributed by atoms with van der Waals surface area (Å²) in [5.74, 6) is -1.75. The van der Waals surface area contributed by atoms with Gasteiger partial charge in [-0.15, -0.1) is 0 Å². The van der Waals surface area contributed by atoms with Gasteiger partial charge in [0.1, 0.15) is 29.6 Å². The number of hydrogen-bond donors (Lipinski definition) is 3. The van der Waals surface area contributed by atoms with Crippen molar-refractivity contribution in [1.29, 1.82) is 0 Å². The first-order chi connectivity index (χ1) is 18.3. The topological polar surface area (TPSA) is 153 Å². The van der Waals surface area contributed by atoms with Crippen LogP contribution < -0.4 is 21.5 Å². The van der Waals surface area contributed by atoms with E-state index >= 15 is 0 Å². The maximum Gasteiger partial charge on any atom is 0.306 e. The van der Waals surface area contributed by atoms with E-state index in [1.54, 1.807) is 27.8 Å². The number of imidazole rings is 1. The molecule has 2 rings (SSSR count). The second kappa shape index (κ2) is 14.3. The Labute approximate surface area is 228 Å². The lowest BCUT2D eigenvalue weighted by Crippen LogP contribution is -2.45. The number of carbonyl (C=O) groups excluding carboxylic acids is 4. The van der Waals surface area contributed by atoms with Crippen molar-refractivity contribution in [1.82, 2.24) is 24.8 Å². The molecular weight excluding hydrogens is 504 g/mol. The molecule has 3 N–H and O–H groups in total. The number of amides is 3. The standard InChI is InChI=1S/C27H40N6O6/c1-7-18(8-2)14-29-22(34)16-33-13-9-10-20(26(33)38)31-24(36)19(11-12-23(35)39-27(3,4)5)30-25(37)21-15-28-17-32(21)6/h9-10,13,15,17-19H,7-8,11-12,14,16H2,1-6H3,(H,29,34)(H,30,37)(H,31,36)/t19-/m0/s1. The summed E-state index contributed by atoms with van der Waals surface area (Å²) in [6, 6.07) is 1.79. The molecule has 0 fully saturated rings. The number of esters is 1. The zero-order chi connectivity index (χ0) is 29.2. The van der Waals surface area contributed by atoms with Gasteiger partial charge in [0.2, 0.25) is 11.8 Å². The molecule has 0 saturated heterocycles. The van der Waals surface area contributed by atoms with Gasteiger partial charge in [-0.1, -0.05) is 26.7 Å². The predicted octanol–water partition coefficient (Wildman–Crippen LogP) is 1.99. The largest absolute Gasteiger partial charge is 0.460 e. The van der Waals surface area contributed by atoms with E-state index in [0.29, 0.717) is 12.5 Å². The quantitative estimate of drug-likeness (QED) is 0.326. The van der Waals surface area contributed by atoms with Crippen LogP contribution in [-0.2, 0) is 32.7 Å². The van der Waals surface area contributed by atoms with Crippen LogP contribution in [0.3, 0.4) is 0 Å². The van der Waals surface area contributed by atoms with Crippen LogP contribution in [0.4, 0.5) is 5.69 Å². The van der Waals surface area contributed by atoms with E-state index in [0.717, 1.165) is 12.8 Å². The lowest BCUT2D eigenvalue weighted by Gasteiger charge is -2.21. The molecule has 2 heterocycles. The van der Waals surface area contributed by atoms with Crippen LogP contribution in [0.25, 0.3) is 0 Å². The number of aromatic nitrogens is 3. The van der Waals surface area contributed by atoms with Crippen molar-refractivity contribution in [2.75, 3.05) is 11.9 Å². The van der Waals surface area contributed by atoms with Gasteiger partial charge >= 0.3 is 5.97 Å². The fourth-order valence-corrected chi connectivity index (χ4v) is 3.75. The van der Waals surface area contributed by atoms with E-state index in [2.05, 4.69) is 34.8 Å². The minimum atomic E-state index is -1.16. The van der Waals surface area contributed by atoms with Gasteiger partial charge in [-0.2, -0.15) is 0 Å². The maximum atomic E-state index is 13.2. The number of nitrogens with zero attached hydrogens (tertiary/aromatic N) is 3. The van der Waals surface area contributed by atoms with Crippen molar-refractivity contribution >= 4 is 29.4 Å². The van der Waals surface area contributed by atoms with Gasteiger partial charge in [-0.3, -0.25) is 24.0 Å². The number of anilines is 1. The van der Waals surface area contributed by atoms with Crippen molar-refractivity contribution in [3.8, 4) is 0 Å². The summed E-state index contributed by atoms with van der Waals surface area (Å²) in [4.78, 5) is 67.5. The number of pyridine rings is 1. The van der Waals surface area contributed by atoms with Gasteiger partial charge in [0.25, 0.3) is 11.5 Å². The SMILES string of the molecule is CCC(CC)CNC(=O)Cn1cccc(NC(=O)[C@H](CCC(=O)OC(C)(C)C)NC(=O)c2cncn2C)c1=O. The summed E-state index contributed by atoms with van der Waals surface area (Å²) in [6.07, 6.45) is 5.91. The van der Waals surface area contributed by atoms with Crippen molar-refractivity contribution in [2.45, 2.75) is 78.5 Å². The van der Waals surface area contributed by atoms with E-state index in [-0.39, 0.29) is 36.7 Å². The third-order valence-corrected chi connectivity index (χ3v) is 6.06. The second-order valence-electron chi connectivity index (χ2n) is 10.4. The van der Waals surface area contributed by atoms with E-state index in [4.69, 9.17) is 4.74 Å². The molecule has 0 saturated carbocycles. The molecule has 0 bridgehead atoms. The fourth-order valence-electron chi connectivity index (χ4n) is 3.75. The highest BCUT2D eigenvalue weighted by molar-refractivity contribution is 6.00. The molecule has 0 spiro atoms. The number of ether oxygens (including phenoxy) is 1. The number of rotatable bonds is 13. The van der Waals surface area contributed by atoms with Crippen LogP contribution >= 0.6 is 0 Å². The summed E-state index contributed by atoms with van der Waals surface area (Å²) in [5.41, 5.74) is -1.13. The molecule has 1 atom stereocenters. The molecule has 0 aliphatic rings. The van der Waals surface area contributed by atoms with Gasteiger partial charge in [0.15, 0.2) is 0 Å². The van der Waals surface area contributed by atoms with Crippen molar-refractivity contribution in [3.05, 3.63) is 46.9 Å². The Morgan fingerprint density at radius 1 is 1.13 bits per heavy atom. The Kier molecular flexibility index (Phi) is 11.4. The summed E-state index contributed by atoms with van der Waals surface area (Å²) in [5, 5.41) is 7.98. The first kappa shape index (κ1) is 31.3. The Balaban J connectivity index is 2.16. The minimum absolute atomic E-state index is 0.0626. The Morgan fingerprint density at radius 2 is 1.82 bits per heavy atom. The average Bonchev–Trinajstić information content (AvgIpc) is 3.29. The van der Waals surface area contributed by atoms with Crippen LogP contribution in [0.2, 0.25) is 0 Å². The molecule has 0 radical (unpaired) electrons. The second-order valence-corrected chi connectivity index (χ2v) is 10.4. The molecule has 2 aromatic heterocycles. The smallest absolute Gasteiger partial charge is 0.306 e. The maximum absolute atomic E-state index is 13.2. The van der Waals surface area contributed by atoms with Gasteiger partial charge < -0.3 is 29.8 Å². The minimum Gasteiger partial charge on any atom is -0.460 e. The van der Waals surface area contributed by atoms with Gasteiger partial charge in [-0.25, -0.2) is 4.98 Å². The van der Waals surface area contributed by atoms with E-state index in [1.165, 1.54) is 40.0 Å². The molecule has 39 heavy (non-hydrogen) atoms. The lowest BCUT2D eigenvalue weighted by atomic mass is 10.0. The van der Waals surface area contributed by atoms with Crippen molar-refractivity contribution in [2.24, 2.45) is 13.0 Å². The fraction of sp³-hybridized carbons (Fsp3) is 0.556. The molecule has 2 aromatic rings. The van der Waals surface area contributed by atoms with E-state index in [1.807, 2.05) is 0 Å². The molecule has 0 unspecified atom stereocenters. The summed E-state index contributed by atoms with van der Waals surface area (Å²) in [7, 11) is 1.63. The third-order valence-electron chi connectivity index (χ3n) is 6.06.